The highest BCUT2D eigenvalue weighted by Crippen LogP contribution is 2.29. The number of aromatic nitrogens is 2. The highest BCUT2D eigenvalue weighted by Gasteiger charge is 2.28. The number of amides is 1. The zero-order chi connectivity index (χ0) is 17.3. The van der Waals surface area contributed by atoms with Gasteiger partial charge in [0.1, 0.15) is 11.6 Å². The molecule has 24 heavy (non-hydrogen) atoms. The third kappa shape index (κ3) is 3.31. The predicted octanol–water partition coefficient (Wildman–Crippen LogP) is 4.28. The van der Waals surface area contributed by atoms with E-state index in [1.807, 2.05) is 12.4 Å². The zero-order valence-electron chi connectivity index (χ0n) is 13.9. The van der Waals surface area contributed by atoms with Crippen LogP contribution in [0.1, 0.15) is 54.8 Å². The number of carbonyl (C=O) groups excluding carboxylic acids is 1. The molecular formula is C18H21ClFN3O. The van der Waals surface area contributed by atoms with Crippen molar-refractivity contribution in [1.29, 1.82) is 0 Å². The predicted molar refractivity (Wildman–Crippen MR) is 91.9 cm³/mol. The molecule has 1 aromatic heterocycles. The Labute approximate surface area is 146 Å². The number of benzene rings is 1. The third-order valence-corrected chi connectivity index (χ3v) is 4.80. The van der Waals surface area contributed by atoms with E-state index in [-0.39, 0.29) is 11.5 Å². The summed E-state index contributed by atoms with van der Waals surface area (Å²) in [5.41, 5.74) is 0.0848. The Kier molecular flexibility index (Phi) is 4.90. The Morgan fingerprint density at radius 3 is 2.67 bits per heavy atom. The first-order valence-corrected chi connectivity index (χ1v) is 8.62. The minimum absolute atomic E-state index is 0.0848. The lowest BCUT2D eigenvalue weighted by Gasteiger charge is -2.32. The van der Waals surface area contributed by atoms with Crippen LogP contribution in [-0.2, 0) is 0 Å². The molecule has 0 radical (unpaired) electrons. The van der Waals surface area contributed by atoms with Gasteiger partial charge in [-0.2, -0.15) is 0 Å². The highest BCUT2D eigenvalue weighted by molar-refractivity contribution is 6.30. The monoisotopic (exact) mass is 349 g/mol. The van der Waals surface area contributed by atoms with Gasteiger partial charge in [-0.15, -0.1) is 0 Å². The van der Waals surface area contributed by atoms with E-state index in [1.165, 1.54) is 12.1 Å². The lowest BCUT2D eigenvalue weighted by molar-refractivity contribution is 0.0705. The van der Waals surface area contributed by atoms with Gasteiger partial charge in [0, 0.05) is 42.5 Å². The van der Waals surface area contributed by atoms with Crippen LogP contribution in [0.3, 0.4) is 0 Å². The number of nitrogens with zero attached hydrogens (tertiary/aromatic N) is 3. The van der Waals surface area contributed by atoms with Crippen LogP contribution in [0.2, 0.25) is 5.02 Å². The second-order valence-corrected chi connectivity index (χ2v) is 6.91. The molecule has 3 rings (SSSR count). The molecule has 0 N–H and O–H groups in total. The van der Waals surface area contributed by atoms with E-state index in [4.69, 9.17) is 11.6 Å². The van der Waals surface area contributed by atoms with Gasteiger partial charge in [0.25, 0.3) is 5.91 Å². The Hall–Kier alpha value is -1.88. The Balaban J connectivity index is 1.68. The number of hydrogen-bond donors (Lipinski definition) is 0. The van der Waals surface area contributed by atoms with Gasteiger partial charge in [-0.05, 0) is 44.9 Å². The molecule has 128 valence electrons. The molecule has 1 aliphatic heterocycles. The van der Waals surface area contributed by atoms with Crippen LogP contribution in [0.25, 0.3) is 0 Å². The SMILES string of the molecule is CC(C)n1ccnc1C1CCN(C(=O)c2ccc(Cl)cc2F)CC1. The summed E-state index contributed by atoms with van der Waals surface area (Å²) in [6, 6.07) is 4.55. The van der Waals surface area contributed by atoms with Crippen LogP contribution >= 0.6 is 11.6 Å². The van der Waals surface area contributed by atoms with E-state index in [1.54, 1.807) is 11.0 Å². The number of halogens is 2. The van der Waals surface area contributed by atoms with Crippen LogP contribution in [-0.4, -0.2) is 33.4 Å². The largest absolute Gasteiger partial charge is 0.339 e. The maximum atomic E-state index is 14.0. The van der Waals surface area contributed by atoms with Crippen molar-refractivity contribution < 1.29 is 9.18 Å². The molecule has 1 amide bonds. The van der Waals surface area contributed by atoms with E-state index in [9.17, 15) is 9.18 Å². The molecule has 0 unspecified atom stereocenters. The molecule has 6 heteroatoms. The van der Waals surface area contributed by atoms with Crippen molar-refractivity contribution in [2.45, 2.75) is 38.6 Å². The Morgan fingerprint density at radius 1 is 1.33 bits per heavy atom. The first-order chi connectivity index (χ1) is 11.5. The second kappa shape index (κ2) is 6.93. The molecule has 4 nitrogen and oxygen atoms in total. The molecule has 2 heterocycles. The summed E-state index contributed by atoms with van der Waals surface area (Å²) in [6.45, 7) is 5.48. The lowest BCUT2D eigenvalue weighted by Crippen LogP contribution is -2.38. The average molecular weight is 350 g/mol. The van der Waals surface area contributed by atoms with E-state index >= 15 is 0 Å². The van der Waals surface area contributed by atoms with E-state index in [0.717, 1.165) is 18.7 Å². The summed E-state index contributed by atoms with van der Waals surface area (Å²) in [5, 5.41) is 0.295. The molecule has 2 aromatic rings. The molecule has 0 spiro atoms. The highest BCUT2D eigenvalue weighted by atomic mass is 35.5. The zero-order valence-corrected chi connectivity index (χ0v) is 14.6. The molecule has 1 fully saturated rings. The fourth-order valence-electron chi connectivity index (χ4n) is 3.25. The Bertz CT molecular complexity index is 736. The van der Waals surface area contributed by atoms with Crippen LogP contribution < -0.4 is 0 Å². The van der Waals surface area contributed by atoms with Crippen LogP contribution in [0.4, 0.5) is 4.39 Å². The smallest absolute Gasteiger partial charge is 0.256 e. The van der Waals surface area contributed by atoms with E-state index in [0.29, 0.717) is 30.1 Å². The maximum Gasteiger partial charge on any atom is 0.256 e. The summed E-state index contributed by atoms with van der Waals surface area (Å²) in [6.07, 6.45) is 5.51. The van der Waals surface area contributed by atoms with Crippen LogP contribution in [0.15, 0.2) is 30.6 Å². The Morgan fingerprint density at radius 2 is 2.04 bits per heavy atom. The fraction of sp³-hybridized carbons (Fsp3) is 0.444. The topological polar surface area (TPSA) is 38.1 Å². The molecule has 1 aromatic carbocycles. The van der Waals surface area contributed by atoms with E-state index in [2.05, 4.69) is 23.4 Å². The third-order valence-electron chi connectivity index (χ3n) is 4.56. The van der Waals surface area contributed by atoms with Gasteiger partial charge in [-0.3, -0.25) is 4.79 Å². The summed E-state index contributed by atoms with van der Waals surface area (Å²) in [7, 11) is 0. The van der Waals surface area contributed by atoms with Gasteiger partial charge in [0.15, 0.2) is 0 Å². The number of carbonyl (C=O) groups is 1. The summed E-state index contributed by atoms with van der Waals surface area (Å²) < 4.78 is 16.1. The van der Waals surface area contributed by atoms with Gasteiger partial charge in [-0.1, -0.05) is 11.6 Å². The molecule has 1 aliphatic rings. The van der Waals surface area contributed by atoms with Crippen molar-refractivity contribution in [2.75, 3.05) is 13.1 Å². The van der Waals surface area contributed by atoms with Crippen molar-refractivity contribution >= 4 is 17.5 Å². The summed E-state index contributed by atoms with van der Waals surface area (Å²) in [5.74, 6) is 0.580. The molecular weight excluding hydrogens is 329 g/mol. The number of rotatable bonds is 3. The second-order valence-electron chi connectivity index (χ2n) is 6.48. The van der Waals surface area contributed by atoms with Gasteiger partial charge in [0.05, 0.1) is 5.56 Å². The minimum atomic E-state index is -0.565. The first kappa shape index (κ1) is 17.0. The van der Waals surface area contributed by atoms with Crippen molar-refractivity contribution in [2.24, 2.45) is 0 Å². The van der Waals surface area contributed by atoms with Crippen LogP contribution in [0.5, 0.6) is 0 Å². The summed E-state index contributed by atoms with van der Waals surface area (Å²) >= 11 is 5.75. The minimum Gasteiger partial charge on any atom is -0.339 e. The first-order valence-electron chi connectivity index (χ1n) is 8.24. The number of likely N-dealkylation sites (tertiary alicyclic amines) is 1. The standard InChI is InChI=1S/C18H21ClFN3O/c1-12(2)23-10-7-21-17(23)13-5-8-22(9-6-13)18(24)15-4-3-14(19)11-16(15)20/h3-4,7,10-13H,5-6,8-9H2,1-2H3. The number of piperidine rings is 1. The van der Waals surface area contributed by atoms with E-state index < -0.39 is 5.82 Å². The average Bonchev–Trinajstić information content (AvgIpc) is 3.04. The van der Waals surface area contributed by atoms with Crippen molar-refractivity contribution in [3.63, 3.8) is 0 Å². The van der Waals surface area contributed by atoms with Gasteiger partial charge >= 0.3 is 0 Å². The van der Waals surface area contributed by atoms with Crippen LogP contribution in [0, 0.1) is 5.82 Å². The van der Waals surface area contributed by atoms with Crippen molar-refractivity contribution in [3.8, 4) is 0 Å². The van der Waals surface area contributed by atoms with Crippen molar-refractivity contribution in [3.05, 3.63) is 52.8 Å². The normalized spacial score (nSPS) is 16.0. The molecule has 0 saturated carbocycles. The van der Waals surface area contributed by atoms with Gasteiger partial charge < -0.3 is 9.47 Å². The maximum absolute atomic E-state index is 14.0. The lowest BCUT2D eigenvalue weighted by atomic mass is 9.95. The quantitative estimate of drug-likeness (QED) is 0.829. The molecule has 0 atom stereocenters. The summed E-state index contributed by atoms with van der Waals surface area (Å²) in [4.78, 5) is 18.7. The number of hydrogen-bond acceptors (Lipinski definition) is 2. The molecule has 0 bridgehead atoms. The molecule has 0 aliphatic carbocycles. The molecule has 1 saturated heterocycles. The fourth-order valence-corrected chi connectivity index (χ4v) is 3.41. The van der Waals surface area contributed by atoms with Crippen molar-refractivity contribution in [1.82, 2.24) is 14.5 Å². The number of imidazole rings is 1. The van der Waals surface area contributed by atoms with Gasteiger partial charge in [-0.25, -0.2) is 9.37 Å². The van der Waals surface area contributed by atoms with Gasteiger partial charge in [0.2, 0.25) is 0 Å².